The van der Waals surface area contributed by atoms with E-state index in [0.717, 1.165) is 52.5 Å². The molecule has 1 heterocycles. The summed E-state index contributed by atoms with van der Waals surface area (Å²) in [6.07, 6.45) is 7.51. The van der Waals surface area contributed by atoms with Gasteiger partial charge in [-0.1, -0.05) is 36.4 Å². The van der Waals surface area contributed by atoms with Gasteiger partial charge in [0, 0.05) is 18.0 Å². The van der Waals surface area contributed by atoms with Crippen LogP contribution in [0.15, 0.2) is 78.4 Å². The Hall–Kier alpha value is -3.73. The fourth-order valence-corrected chi connectivity index (χ4v) is 4.80. The lowest BCUT2D eigenvalue weighted by atomic mass is 9.87. The van der Waals surface area contributed by atoms with E-state index >= 15 is 0 Å². The lowest BCUT2D eigenvalue weighted by Crippen LogP contribution is -2.35. The molecule has 0 aromatic heterocycles. The van der Waals surface area contributed by atoms with Crippen molar-refractivity contribution in [2.75, 3.05) is 13.7 Å². The van der Waals surface area contributed by atoms with E-state index in [1.807, 2.05) is 66.7 Å². The van der Waals surface area contributed by atoms with Crippen LogP contribution in [-0.4, -0.2) is 25.7 Å². The molecular formula is C30H31NO4. The smallest absolute Gasteiger partial charge is 0.247 e. The van der Waals surface area contributed by atoms with Gasteiger partial charge in [0.2, 0.25) is 5.91 Å². The minimum absolute atomic E-state index is 0.0122. The van der Waals surface area contributed by atoms with Gasteiger partial charge in [0.1, 0.15) is 11.5 Å². The Balaban J connectivity index is 1.30. The molecule has 2 aliphatic rings. The maximum Gasteiger partial charge on any atom is 0.247 e. The third-order valence-corrected chi connectivity index (χ3v) is 6.72. The third kappa shape index (κ3) is 5.68. The second-order valence-corrected chi connectivity index (χ2v) is 9.20. The standard InChI is InChI=1S/C30H31NO4/c1-33-28-16-13-22(19-29(28)35-26-9-5-6-10-26)24-18-23(30(32)31-20-24)17-21-11-14-27(15-12-21)34-25-7-3-2-4-8-25/h2-4,7-8,11-17,19,24,26H,5-6,9-10,18,20H2,1H3,(H,31,32)/t24-/m1/s1. The molecule has 3 aromatic rings. The van der Waals surface area contributed by atoms with Crippen molar-refractivity contribution in [2.45, 2.75) is 44.1 Å². The van der Waals surface area contributed by atoms with Crippen LogP contribution in [0.1, 0.15) is 49.1 Å². The predicted octanol–water partition coefficient (Wildman–Crippen LogP) is 6.50. The first kappa shape index (κ1) is 23.0. The molecule has 1 atom stereocenters. The quantitative estimate of drug-likeness (QED) is 0.402. The third-order valence-electron chi connectivity index (χ3n) is 6.72. The summed E-state index contributed by atoms with van der Waals surface area (Å²) in [5.41, 5.74) is 2.89. The molecule has 0 spiro atoms. The fourth-order valence-electron chi connectivity index (χ4n) is 4.80. The highest BCUT2D eigenvalue weighted by atomic mass is 16.5. The van der Waals surface area contributed by atoms with Gasteiger partial charge < -0.3 is 19.5 Å². The number of carbonyl (C=O) groups excluding carboxylic acids is 1. The maximum absolute atomic E-state index is 12.6. The lowest BCUT2D eigenvalue weighted by molar-refractivity contribution is -0.118. The number of rotatable bonds is 7. The fraction of sp³-hybridized carbons (Fsp3) is 0.300. The second-order valence-electron chi connectivity index (χ2n) is 9.20. The molecule has 35 heavy (non-hydrogen) atoms. The molecule has 1 saturated heterocycles. The number of para-hydroxylation sites is 1. The van der Waals surface area contributed by atoms with Gasteiger partial charge in [0.05, 0.1) is 13.2 Å². The maximum atomic E-state index is 12.6. The Bertz CT molecular complexity index is 1180. The highest BCUT2D eigenvalue weighted by Gasteiger charge is 2.26. The normalized spacial score (nSPS) is 19.4. The van der Waals surface area contributed by atoms with Crippen molar-refractivity contribution in [3.05, 3.63) is 89.5 Å². The van der Waals surface area contributed by atoms with Crippen LogP contribution in [0.2, 0.25) is 0 Å². The first-order valence-electron chi connectivity index (χ1n) is 12.3. The Labute approximate surface area is 206 Å². The number of hydrogen-bond acceptors (Lipinski definition) is 4. The van der Waals surface area contributed by atoms with Crippen LogP contribution >= 0.6 is 0 Å². The van der Waals surface area contributed by atoms with Crippen LogP contribution in [-0.2, 0) is 4.79 Å². The van der Waals surface area contributed by atoms with Crippen molar-refractivity contribution in [1.29, 1.82) is 0 Å². The van der Waals surface area contributed by atoms with E-state index in [2.05, 4.69) is 17.4 Å². The summed E-state index contributed by atoms with van der Waals surface area (Å²) in [6, 6.07) is 23.6. The van der Waals surface area contributed by atoms with Gasteiger partial charge in [-0.05, 0) is 85.7 Å². The Morgan fingerprint density at radius 3 is 2.37 bits per heavy atom. The molecule has 5 heteroatoms. The van der Waals surface area contributed by atoms with Crippen LogP contribution in [0.3, 0.4) is 0 Å². The minimum Gasteiger partial charge on any atom is -0.493 e. The number of nitrogens with one attached hydrogen (secondary N) is 1. The molecule has 1 amide bonds. The van der Waals surface area contributed by atoms with Crippen molar-refractivity contribution in [3.63, 3.8) is 0 Å². The molecule has 1 N–H and O–H groups in total. The first-order valence-corrected chi connectivity index (χ1v) is 12.3. The summed E-state index contributed by atoms with van der Waals surface area (Å²) in [4.78, 5) is 12.6. The number of carbonyl (C=O) groups is 1. The number of methoxy groups -OCH3 is 1. The molecule has 180 valence electrons. The van der Waals surface area contributed by atoms with Gasteiger partial charge in [-0.2, -0.15) is 0 Å². The van der Waals surface area contributed by atoms with Gasteiger partial charge in [-0.15, -0.1) is 0 Å². The van der Waals surface area contributed by atoms with E-state index in [1.165, 1.54) is 12.8 Å². The Morgan fingerprint density at radius 1 is 0.886 bits per heavy atom. The van der Waals surface area contributed by atoms with E-state index < -0.39 is 0 Å². The van der Waals surface area contributed by atoms with Crippen molar-refractivity contribution >= 4 is 12.0 Å². The van der Waals surface area contributed by atoms with Crippen LogP contribution in [0.25, 0.3) is 6.08 Å². The highest BCUT2D eigenvalue weighted by molar-refractivity contribution is 5.98. The summed E-state index contributed by atoms with van der Waals surface area (Å²) in [5, 5.41) is 3.06. The van der Waals surface area contributed by atoms with Crippen LogP contribution < -0.4 is 19.5 Å². The summed E-state index contributed by atoms with van der Waals surface area (Å²) in [6.45, 7) is 0.606. The number of ether oxygens (including phenoxy) is 3. The first-order chi connectivity index (χ1) is 17.2. The van der Waals surface area contributed by atoms with Crippen molar-refractivity contribution in [1.82, 2.24) is 5.32 Å². The van der Waals surface area contributed by atoms with Gasteiger partial charge in [0.15, 0.2) is 11.5 Å². The highest BCUT2D eigenvalue weighted by Crippen LogP contribution is 2.37. The van der Waals surface area contributed by atoms with Crippen LogP contribution in [0, 0.1) is 0 Å². The number of amides is 1. The lowest BCUT2D eigenvalue weighted by Gasteiger charge is -2.26. The molecule has 0 radical (unpaired) electrons. The Morgan fingerprint density at radius 2 is 1.63 bits per heavy atom. The zero-order chi connectivity index (χ0) is 24.0. The average Bonchev–Trinajstić information content (AvgIpc) is 3.40. The van der Waals surface area contributed by atoms with Gasteiger partial charge >= 0.3 is 0 Å². The van der Waals surface area contributed by atoms with E-state index in [1.54, 1.807) is 7.11 Å². The zero-order valence-corrected chi connectivity index (χ0v) is 20.0. The molecule has 1 aliphatic heterocycles. The van der Waals surface area contributed by atoms with E-state index in [9.17, 15) is 4.79 Å². The molecule has 1 aliphatic carbocycles. The van der Waals surface area contributed by atoms with E-state index in [-0.39, 0.29) is 17.9 Å². The minimum atomic E-state index is -0.0122. The molecule has 0 bridgehead atoms. The van der Waals surface area contributed by atoms with E-state index in [0.29, 0.717) is 13.0 Å². The second kappa shape index (κ2) is 10.7. The average molecular weight is 470 g/mol. The number of benzene rings is 3. The summed E-state index contributed by atoms with van der Waals surface area (Å²) in [5.74, 6) is 3.28. The molecule has 0 unspecified atom stereocenters. The molecule has 2 fully saturated rings. The molecule has 5 nitrogen and oxygen atoms in total. The van der Waals surface area contributed by atoms with E-state index in [4.69, 9.17) is 14.2 Å². The van der Waals surface area contributed by atoms with Gasteiger partial charge in [-0.25, -0.2) is 0 Å². The van der Waals surface area contributed by atoms with Crippen LogP contribution in [0.5, 0.6) is 23.0 Å². The number of piperidine rings is 1. The zero-order valence-electron chi connectivity index (χ0n) is 20.0. The molecule has 3 aromatic carbocycles. The monoisotopic (exact) mass is 469 g/mol. The largest absolute Gasteiger partial charge is 0.493 e. The van der Waals surface area contributed by atoms with Gasteiger partial charge in [0.25, 0.3) is 0 Å². The SMILES string of the molecule is COc1ccc([C@H]2CNC(=O)C(=Cc3ccc(Oc4ccccc4)cc3)C2)cc1OC1CCCC1. The summed E-state index contributed by atoms with van der Waals surface area (Å²) >= 11 is 0. The summed E-state index contributed by atoms with van der Waals surface area (Å²) in [7, 11) is 1.67. The molecule has 1 saturated carbocycles. The summed E-state index contributed by atoms with van der Waals surface area (Å²) < 4.78 is 17.7. The van der Waals surface area contributed by atoms with Crippen molar-refractivity contribution in [3.8, 4) is 23.0 Å². The van der Waals surface area contributed by atoms with Crippen LogP contribution in [0.4, 0.5) is 0 Å². The molecule has 5 rings (SSSR count). The number of hydrogen-bond donors (Lipinski definition) is 1. The Kier molecular flexibility index (Phi) is 7.03. The predicted molar refractivity (Wildman–Crippen MR) is 137 cm³/mol. The van der Waals surface area contributed by atoms with Gasteiger partial charge in [-0.3, -0.25) is 4.79 Å². The topological polar surface area (TPSA) is 56.8 Å². The molecular weight excluding hydrogens is 438 g/mol. The van der Waals surface area contributed by atoms with Crippen molar-refractivity contribution in [2.24, 2.45) is 0 Å². The van der Waals surface area contributed by atoms with Crippen molar-refractivity contribution < 1.29 is 19.0 Å².